The van der Waals surface area contributed by atoms with E-state index in [4.69, 9.17) is 16.6 Å². The van der Waals surface area contributed by atoms with Crippen molar-refractivity contribution in [2.24, 2.45) is 0 Å². The Labute approximate surface area is 178 Å². The molecule has 0 aliphatic heterocycles. The molecule has 0 atom stereocenters. The normalized spacial score (nSPS) is 11.0. The lowest BCUT2D eigenvalue weighted by Gasteiger charge is -2.20. The van der Waals surface area contributed by atoms with E-state index in [0.717, 1.165) is 27.0 Å². The van der Waals surface area contributed by atoms with Crippen molar-refractivity contribution in [1.82, 2.24) is 9.97 Å². The minimum absolute atomic E-state index is 0.0582. The molecule has 0 radical (unpaired) electrons. The largest absolute Gasteiger partial charge is 0.282 e. The summed E-state index contributed by atoms with van der Waals surface area (Å²) in [5.74, 6) is -0.0582. The van der Waals surface area contributed by atoms with E-state index >= 15 is 0 Å². The maximum atomic E-state index is 13.3. The Hall–Kier alpha value is -2.76. The first-order valence-electron chi connectivity index (χ1n) is 9.33. The van der Waals surface area contributed by atoms with Gasteiger partial charge in [0.25, 0.3) is 0 Å². The number of pyridine rings is 1. The molecule has 6 heteroatoms. The van der Waals surface area contributed by atoms with Gasteiger partial charge in [-0.05, 0) is 54.8 Å². The number of hydrogen-bond donors (Lipinski definition) is 0. The van der Waals surface area contributed by atoms with Crippen LogP contribution in [0.5, 0.6) is 0 Å². The summed E-state index contributed by atoms with van der Waals surface area (Å²) in [5, 5.41) is 1.27. The SMILES string of the molecule is Cc1cc(C)c2nc(N(Cc3ccccn3)C(=O)Cc3ccccc3Cl)sc2c1. The van der Waals surface area contributed by atoms with Crippen molar-refractivity contribution in [1.29, 1.82) is 0 Å². The average molecular weight is 422 g/mol. The number of fused-ring (bicyclic) bond motifs is 1. The molecular formula is C23H20ClN3OS. The Morgan fingerprint density at radius 1 is 1.10 bits per heavy atom. The van der Waals surface area contributed by atoms with Crippen LogP contribution in [0, 0.1) is 13.8 Å². The topological polar surface area (TPSA) is 46.1 Å². The molecule has 2 aromatic carbocycles. The van der Waals surface area contributed by atoms with E-state index in [9.17, 15) is 4.79 Å². The molecule has 0 fully saturated rings. The predicted octanol–water partition coefficient (Wildman–Crippen LogP) is 5.74. The lowest BCUT2D eigenvalue weighted by Crippen LogP contribution is -2.32. The van der Waals surface area contributed by atoms with Crippen molar-refractivity contribution in [2.75, 3.05) is 4.90 Å². The first-order valence-corrected chi connectivity index (χ1v) is 10.5. The van der Waals surface area contributed by atoms with Crippen LogP contribution in [0.25, 0.3) is 10.2 Å². The molecule has 0 aliphatic rings. The second-order valence-electron chi connectivity index (χ2n) is 6.99. The van der Waals surface area contributed by atoms with Gasteiger partial charge in [-0.1, -0.05) is 53.3 Å². The fourth-order valence-corrected chi connectivity index (χ4v) is 4.65. The minimum Gasteiger partial charge on any atom is -0.282 e. The van der Waals surface area contributed by atoms with Crippen molar-refractivity contribution in [2.45, 2.75) is 26.8 Å². The maximum absolute atomic E-state index is 13.3. The second-order valence-corrected chi connectivity index (χ2v) is 8.41. The Kier molecular flexibility index (Phi) is 5.60. The van der Waals surface area contributed by atoms with E-state index < -0.39 is 0 Å². The molecule has 4 rings (SSSR count). The molecule has 2 aromatic heterocycles. The van der Waals surface area contributed by atoms with Crippen LogP contribution in [-0.2, 0) is 17.8 Å². The number of hydrogen-bond acceptors (Lipinski definition) is 4. The molecule has 0 unspecified atom stereocenters. The van der Waals surface area contributed by atoms with Gasteiger partial charge in [-0.15, -0.1) is 0 Å². The van der Waals surface area contributed by atoms with Crippen molar-refractivity contribution < 1.29 is 4.79 Å². The van der Waals surface area contributed by atoms with Gasteiger partial charge < -0.3 is 0 Å². The molecule has 0 N–H and O–H groups in total. The Morgan fingerprint density at radius 2 is 1.90 bits per heavy atom. The Bertz CT molecular complexity index is 1170. The zero-order chi connectivity index (χ0) is 20.4. The summed E-state index contributed by atoms with van der Waals surface area (Å²) >= 11 is 7.81. The molecule has 4 nitrogen and oxygen atoms in total. The lowest BCUT2D eigenvalue weighted by atomic mass is 10.1. The van der Waals surface area contributed by atoms with E-state index in [1.165, 1.54) is 16.9 Å². The molecule has 1 amide bonds. The number of aryl methyl sites for hydroxylation is 2. The van der Waals surface area contributed by atoms with Gasteiger partial charge >= 0.3 is 0 Å². The summed E-state index contributed by atoms with van der Waals surface area (Å²) in [4.78, 5) is 24.2. The summed E-state index contributed by atoms with van der Waals surface area (Å²) in [7, 11) is 0. The first-order chi connectivity index (χ1) is 14.0. The van der Waals surface area contributed by atoms with Gasteiger partial charge in [0.1, 0.15) is 0 Å². The molecular weight excluding hydrogens is 402 g/mol. The fraction of sp³-hybridized carbons (Fsp3) is 0.174. The number of rotatable bonds is 5. The second kappa shape index (κ2) is 8.31. The maximum Gasteiger partial charge on any atom is 0.233 e. The standard InChI is InChI=1S/C23H20ClN3OS/c1-15-11-16(2)22-20(12-15)29-23(26-22)27(14-18-8-5-6-10-25-18)21(28)13-17-7-3-4-9-19(17)24/h3-12H,13-14H2,1-2H3. The third kappa shape index (κ3) is 4.31. The third-order valence-electron chi connectivity index (χ3n) is 4.70. The van der Waals surface area contributed by atoms with Crippen molar-refractivity contribution in [3.63, 3.8) is 0 Å². The smallest absolute Gasteiger partial charge is 0.233 e. The third-order valence-corrected chi connectivity index (χ3v) is 6.09. The van der Waals surface area contributed by atoms with Crippen molar-refractivity contribution in [3.8, 4) is 0 Å². The highest BCUT2D eigenvalue weighted by atomic mass is 35.5. The summed E-state index contributed by atoms with van der Waals surface area (Å²) in [5.41, 5.74) is 4.85. The Morgan fingerprint density at radius 3 is 2.66 bits per heavy atom. The van der Waals surface area contributed by atoms with Crippen LogP contribution in [0.4, 0.5) is 5.13 Å². The molecule has 0 spiro atoms. The van der Waals surface area contributed by atoms with E-state index in [1.807, 2.05) is 43.3 Å². The first kappa shape index (κ1) is 19.6. The van der Waals surface area contributed by atoms with Gasteiger partial charge in [0.2, 0.25) is 5.91 Å². The number of aromatic nitrogens is 2. The summed E-state index contributed by atoms with van der Waals surface area (Å²) in [6, 6.07) is 17.4. The van der Waals surface area contributed by atoms with Crippen LogP contribution in [0.1, 0.15) is 22.4 Å². The number of nitrogens with zero attached hydrogens (tertiary/aromatic N) is 3. The molecule has 0 saturated heterocycles. The number of halogens is 1. The summed E-state index contributed by atoms with van der Waals surface area (Å²) < 4.78 is 1.08. The van der Waals surface area contributed by atoms with Gasteiger partial charge in [0, 0.05) is 11.2 Å². The molecule has 2 heterocycles. The van der Waals surface area contributed by atoms with Crippen LogP contribution in [0.15, 0.2) is 60.8 Å². The van der Waals surface area contributed by atoms with E-state index in [-0.39, 0.29) is 12.3 Å². The zero-order valence-electron chi connectivity index (χ0n) is 16.2. The molecule has 0 aliphatic carbocycles. The number of thiazole rings is 1. The molecule has 0 saturated carbocycles. The van der Waals surface area contributed by atoms with Crippen LogP contribution in [0.3, 0.4) is 0 Å². The van der Waals surface area contributed by atoms with Gasteiger partial charge in [-0.25, -0.2) is 4.98 Å². The molecule has 29 heavy (non-hydrogen) atoms. The van der Waals surface area contributed by atoms with Gasteiger partial charge in [-0.2, -0.15) is 0 Å². The van der Waals surface area contributed by atoms with Crippen molar-refractivity contribution in [3.05, 3.63) is 88.2 Å². The molecule has 146 valence electrons. The highest BCUT2D eigenvalue weighted by Crippen LogP contribution is 2.33. The van der Waals surface area contributed by atoms with E-state index in [2.05, 4.69) is 24.0 Å². The summed E-state index contributed by atoms with van der Waals surface area (Å²) in [6.07, 6.45) is 1.94. The van der Waals surface area contributed by atoms with E-state index in [1.54, 1.807) is 17.2 Å². The molecule has 4 aromatic rings. The monoisotopic (exact) mass is 421 g/mol. The number of anilines is 1. The number of carbonyl (C=O) groups excluding carboxylic acids is 1. The number of carbonyl (C=O) groups is 1. The summed E-state index contributed by atoms with van der Waals surface area (Å²) in [6.45, 7) is 4.48. The number of amides is 1. The highest BCUT2D eigenvalue weighted by molar-refractivity contribution is 7.22. The van der Waals surface area contributed by atoms with Crippen LogP contribution in [0.2, 0.25) is 5.02 Å². The van der Waals surface area contributed by atoms with Gasteiger partial charge in [0.05, 0.1) is 28.9 Å². The van der Waals surface area contributed by atoms with Crippen LogP contribution in [-0.4, -0.2) is 15.9 Å². The van der Waals surface area contributed by atoms with Crippen LogP contribution >= 0.6 is 22.9 Å². The van der Waals surface area contributed by atoms with Crippen molar-refractivity contribution >= 4 is 44.2 Å². The Balaban J connectivity index is 1.73. The lowest BCUT2D eigenvalue weighted by molar-refractivity contribution is -0.118. The predicted molar refractivity (Wildman–Crippen MR) is 120 cm³/mol. The highest BCUT2D eigenvalue weighted by Gasteiger charge is 2.22. The van der Waals surface area contributed by atoms with Gasteiger partial charge in [-0.3, -0.25) is 14.7 Å². The van der Waals surface area contributed by atoms with E-state index in [0.29, 0.717) is 16.7 Å². The van der Waals surface area contributed by atoms with Crippen LogP contribution < -0.4 is 4.90 Å². The average Bonchev–Trinajstić information content (AvgIpc) is 3.12. The quantitative estimate of drug-likeness (QED) is 0.413. The fourth-order valence-electron chi connectivity index (χ4n) is 3.29. The zero-order valence-corrected chi connectivity index (χ0v) is 17.8. The minimum atomic E-state index is -0.0582. The van der Waals surface area contributed by atoms with Gasteiger partial charge in [0.15, 0.2) is 5.13 Å². The number of benzene rings is 2. The molecule has 0 bridgehead atoms.